The molecule has 0 bridgehead atoms. The predicted octanol–water partition coefficient (Wildman–Crippen LogP) is 3.03. The highest BCUT2D eigenvalue weighted by Crippen LogP contribution is 2.26. The zero-order valence-corrected chi connectivity index (χ0v) is 15.4. The minimum absolute atomic E-state index is 0.0235. The van der Waals surface area contributed by atoms with Gasteiger partial charge in [0.25, 0.3) is 5.91 Å². The molecule has 0 aliphatic carbocycles. The molecule has 0 radical (unpaired) electrons. The first-order valence-corrected chi connectivity index (χ1v) is 8.66. The number of aromatic nitrogens is 1. The summed E-state index contributed by atoms with van der Waals surface area (Å²) in [6, 6.07) is 0.676. The summed E-state index contributed by atoms with van der Waals surface area (Å²) in [6.07, 6.45) is 2.75. The van der Waals surface area contributed by atoms with Gasteiger partial charge in [-0.2, -0.15) is 0 Å². The summed E-state index contributed by atoms with van der Waals surface area (Å²) >= 11 is 1.52. The van der Waals surface area contributed by atoms with Gasteiger partial charge < -0.3 is 15.1 Å². The average Bonchev–Trinajstić information content (AvgIpc) is 3.17. The maximum atomic E-state index is 12.3. The molecule has 2 atom stereocenters. The number of hydrogen-bond acceptors (Lipinski definition) is 5. The van der Waals surface area contributed by atoms with Crippen LogP contribution in [0.15, 0.2) is 28.4 Å². The van der Waals surface area contributed by atoms with Crippen molar-refractivity contribution in [3.05, 3.63) is 40.2 Å². The number of furan rings is 1. The van der Waals surface area contributed by atoms with Crippen LogP contribution >= 0.6 is 11.3 Å². The topological polar surface area (TPSA) is 84.2 Å². The molecule has 0 aliphatic rings. The Labute approximate surface area is 145 Å². The molecule has 24 heavy (non-hydrogen) atoms. The second-order valence-electron chi connectivity index (χ2n) is 6.76. The largest absolute Gasteiger partial charge is 0.472 e. The molecule has 0 saturated heterocycles. The van der Waals surface area contributed by atoms with E-state index >= 15 is 0 Å². The van der Waals surface area contributed by atoms with Crippen LogP contribution in [-0.2, 0) is 10.2 Å². The van der Waals surface area contributed by atoms with Crippen LogP contribution in [0.5, 0.6) is 0 Å². The first kappa shape index (κ1) is 18.2. The third-order valence-corrected chi connectivity index (χ3v) is 4.57. The Bertz CT molecular complexity index is 701. The third-order valence-electron chi connectivity index (χ3n) is 3.54. The lowest BCUT2D eigenvalue weighted by Gasteiger charge is -2.17. The van der Waals surface area contributed by atoms with Crippen LogP contribution in [-0.4, -0.2) is 22.8 Å². The van der Waals surface area contributed by atoms with Crippen LogP contribution in [0, 0.1) is 0 Å². The smallest absolute Gasteiger partial charge is 0.255 e. The minimum Gasteiger partial charge on any atom is -0.472 e. The van der Waals surface area contributed by atoms with E-state index in [1.807, 2.05) is 12.3 Å². The Morgan fingerprint density at radius 1 is 1.25 bits per heavy atom. The van der Waals surface area contributed by atoms with Crippen molar-refractivity contribution in [2.75, 3.05) is 0 Å². The number of rotatable bonds is 5. The molecule has 2 N–H and O–H groups in total. The van der Waals surface area contributed by atoms with Gasteiger partial charge in [0.05, 0.1) is 23.6 Å². The molecule has 2 heterocycles. The van der Waals surface area contributed by atoms with E-state index in [1.165, 1.54) is 23.9 Å². The van der Waals surface area contributed by atoms with Gasteiger partial charge in [0.15, 0.2) is 0 Å². The van der Waals surface area contributed by atoms with Gasteiger partial charge in [-0.05, 0) is 19.9 Å². The Balaban J connectivity index is 1.93. The van der Waals surface area contributed by atoms with Crippen molar-refractivity contribution >= 4 is 23.2 Å². The van der Waals surface area contributed by atoms with E-state index in [4.69, 9.17) is 4.42 Å². The lowest BCUT2D eigenvalue weighted by atomic mass is 9.93. The van der Waals surface area contributed by atoms with E-state index in [9.17, 15) is 9.59 Å². The van der Waals surface area contributed by atoms with Crippen molar-refractivity contribution in [1.29, 1.82) is 0 Å². The van der Waals surface area contributed by atoms with E-state index in [-0.39, 0.29) is 23.3 Å². The molecule has 0 unspecified atom stereocenters. The number of nitrogens with one attached hydrogen (secondary N) is 2. The Hall–Kier alpha value is -2.15. The highest BCUT2D eigenvalue weighted by molar-refractivity contribution is 7.09. The number of hydrogen-bond donors (Lipinski definition) is 2. The van der Waals surface area contributed by atoms with Gasteiger partial charge in [-0.3, -0.25) is 9.59 Å². The molecule has 6 nitrogen and oxygen atoms in total. The lowest BCUT2D eigenvalue weighted by Crippen LogP contribution is -2.45. The summed E-state index contributed by atoms with van der Waals surface area (Å²) in [7, 11) is 0. The van der Waals surface area contributed by atoms with Gasteiger partial charge in [-0.15, -0.1) is 11.3 Å². The zero-order valence-electron chi connectivity index (χ0n) is 14.5. The number of carbonyl (C=O) groups excluding carboxylic acids is 2. The van der Waals surface area contributed by atoms with Crippen molar-refractivity contribution < 1.29 is 14.0 Å². The molecule has 2 amide bonds. The first-order valence-electron chi connectivity index (χ1n) is 7.78. The Kier molecular flexibility index (Phi) is 5.43. The van der Waals surface area contributed by atoms with E-state index in [0.717, 1.165) is 10.7 Å². The third kappa shape index (κ3) is 4.44. The van der Waals surface area contributed by atoms with E-state index in [1.54, 1.807) is 13.0 Å². The summed E-state index contributed by atoms with van der Waals surface area (Å²) in [5.41, 5.74) is 1.37. The molecule has 130 valence electrons. The van der Waals surface area contributed by atoms with Crippen LogP contribution in [0.3, 0.4) is 0 Å². The number of amides is 2. The van der Waals surface area contributed by atoms with Gasteiger partial charge in [0.2, 0.25) is 5.91 Å². The molecule has 0 spiro atoms. The highest BCUT2D eigenvalue weighted by Gasteiger charge is 2.23. The maximum Gasteiger partial charge on any atom is 0.255 e. The van der Waals surface area contributed by atoms with E-state index in [2.05, 4.69) is 36.4 Å². The quantitative estimate of drug-likeness (QED) is 0.869. The molecule has 2 aromatic rings. The molecule has 0 fully saturated rings. The fourth-order valence-electron chi connectivity index (χ4n) is 1.97. The van der Waals surface area contributed by atoms with Gasteiger partial charge in [-0.1, -0.05) is 20.8 Å². The normalized spacial score (nSPS) is 14.0. The lowest BCUT2D eigenvalue weighted by molar-refractivity contribution is -0.123. The molecule has 2 rings (SSSR count). The number of carbonyl (C=O) groups is 2. The summed E-state index contributed by atoms with van der Waals surface area (Å²) in [6.45, 7) is 9.82. The highest BCUT2D eigenvalue weighted by atomic mass is 32.1. The average molecular weight is 349 g/mol. The number of nitrogens with zero attached hydrogens (tertiary/aromatic N) is 1. The SMILES string of the molecule is C[C@H](NC(=O)[C@@H](C)NC(=O)c1ccoc1)c1nc(C(C)(C)C)cs1. The standard InChI is InChI=1S/C17H23N3O3S/c1-10(18-15(22)12-6-7-23-8-12)14(21)19-11(2)16-20-13(9-24-16)17(3,4)5/h6-11H,1-5H3,(H,18,22)(H,19,21)/t10-,11+/m1/s1. The van der Waals surface area contributed by atoms with Gasteiger partial charge in [0.1, 0.15) is 17.3 Å². The fourth-order valence-corrected chi connectivity index (χ4v) is 3.02. The number of thiazole rings is 1. The van der Waals surface area contributed by atoms with Gasteiger partial charge in [-0.25, -0.2) is 4.98 Å². The molecular formula is C17H23N3O3S. The van der Waals surface area contributed by atoms with Crippen molar-refractivity contribution in [2.45, 2.75) is 52.1 Å². The van der Waals surface area contributed by atoms with Crippen LogP contribution < -0.4 is 10.6 Å². The van der Waals surface area contributed by atoms with Crippen LogP contribution in [0.25, 0.3) is 0 Å². The van der Waals surface area contributed by atoms with Crippen LogP contribution in [0.4, 0.5) is 0 Å². The molecule has 2 aromatic heterocycles. The van der Waals surface area contributed by atoms with Crippen LogP contribution in [0.1, 0.15) is 61.7 Å². The zero-order chi connectivity index (χ0) is 17.9. The molecule has 7 heteroatoms. The predicted molar refractivity (Wildman–Crippen MR) is 93.0 cm³/mol. The second kappa shape index (κ2) is 7.17. The molecular weight excluding hydrogens is 326 g/mol. The molecule has 0 aliphatic heterocycles. The Morgan fingerprint density at radius 3 is 2.50 bits per heavy atom. The molecule has 0 saturated carbocycles. The second-order valence-corrected chi connectivity index (χ2v) is 7.65. The van der Waals surface area contributed by atoms with Gasteiger partial charge in [0, 0.05) is 10.8 Å². The van der Waals surface area contributed by atoms with Crippen molar-refractivity contribution in [3.63, 3.8) is 0 Å². The minimum atomic E-state index is -0.656. The van der Waals surface area contributed by atoms with E-state index < -0.39 is 6.04 Å². The van der Waals surface area contributed by atoms with Gasteiger partial charge >= 0.3 is 0 Å². The molecule has 0 aromatic carbocycles. The van der Waals surface area contributed by atoms with Crippen molar-refractivity contribution in [1.82, 2.24) is 15.6 Å². The van der Waals surface area contributed by atoms with E-state index in [0.29, 0.717) is 5.56 Å². The Morgan fingerprint density at radius 2 is 1.96 bits per heavy atom. The monoisotopic (exact) mass is 349 g/mol. The van der Waals surface area contributed by atoms with Crippen LogP contribution in [0.2, 0.25) is 0 Å². The first-order chi connectivity index (χ1) is 11.2. The summed E-state index contributed by atoms with van der Waals surface area (Å²) in [5, 5.41) is 8.39. The maximum absolute atomic E-state index is 12.3. The summed E-state index contributed by atoms with van der Waals surface area (Å²) in [4.78, 5) is 28.8. The van der Waals surface area contributed by atoms with Crippen molar-refractivity contribution in [3.8, 4) is 0 Å². The van der Waals surface area contributed by atoms with Crippen molar-refractivity contribution in [2.24, 2.45) is 0 Å². The summed E-state index contributed by atoms with van der Waals surface area (Å²) < 4.78 is 4.86. The summed E-state index contributed by atoms with van der Waals surface area (Å²) in [5.74, 6) is -0.602. The fraction of sp³-hybridized carbons (Fsp3) is 0.471.